The van der Waals surface area contributed by atoms with E-state index in [4.69, 9.17) is 4.74 Å². The number of ether oxygens (including phenoxy) is 1. The number of esters is 1. The first kappa shape index (κ1) is 29.4. The molecule has 0 bridgehead atoms. The predicted octanol–water partition coefficient (Wildman–Crippen LogP) is 9.51. The Kier molecular flexibility index (Phi) is 11.0. The lowest BCUT2D eigenvalue weighted by Crippen LogP contribution is -2.30. The van der Waals surface area contributed by atoms with Crippen LogP contribution in [0, 0.1) is 33.5 Å². The van der Waals surface area contributed by atoms with Crippen LogP contribution in [0.4, 0.5) is 0 Å². The highest BCUT2D eigenvalue weighted by molar-refractivity contribution is 5.81. The summed E-state index contributed by atoms with van der Waals surface area (Å²) in [4.78, 5) is 12.5. The molecule has 1 unspecified atom stereocenters. The molecule has 3 rings (SSSR count). The summed E-state index contributed by atoms with van der Waals surface area (Å²) in [6.07, 6.45) is 14.1. The van der Waals surface area contributed by atoms with Gasteiger partial charge in [0.25, 0.3) is 0 Å². The minimum Gasteiger partial charge on any atom is -0.425 e. The van der Waals surface area contributed by atoms with Crippen molar-refractivity contribution in [2.24, 2.45) is 10.8 Å². The minimum atomic E-state index is -1.12. The molecule has 4 heteroatoms. The third kappa shape index (κ3) is 7.70. The van der Waals surface area contributed by atoms with E-state index in [0.29, 0.717) is 18.1 Å². The van der Waals surface area contributed by atoms with Crippen molar-refractivity contribution >= 4 is 5.97 Å². The van der Waals surface area contributed by atoms with Gasteiger partial charge in [0.1, 0.15) is 5.75 Å². The van der Waals surface area contributed by atoms with Crippen LogP contribution in [-0.4, -0.2) is 5.97 Å². The fourth-order valence-corrected chi connectivity index (χ4v) is 5.75. The van der Waals surface area contributed by atoms with Gasteiger partial charge < -0.3 is 4.74 Å². The molecule has 0 aromatic heterocycles. The lowest BCUT2D eigenvalue weighted by Gasteiger charge is -2.35. The minimum absolute atomic E-state index is 0.117. The molecule has 1 aliphatic rings. The maximum absolute atomic E-state index is 12.5. The second kappa shape index (κ2) is 14.2. The molecule has 2 aromatic rings. The molecule has 0 N–H and O–H groups in total. The summed E-state index contributed by atoms with van der Waals surface area (Å²) in [7, 11) is 0. The van der Waals surface area contributed by atoms with Crippen molar-refractivity contribution in [3.05, 3.63) is 54.1 Å². The maximum Gasteiger partial charge on any atom is 0.331 e. The summed E-state index contributed by atoms with van der Waals surface area (Å²) in [5.41, 5.74) is 2.29. The smallest absolute Gasteiger partial charge is 0.331 e. The predicted molar refractivity (Wildman–Crippen MR) is 153 cm³/mol. The number of unbranched alkanes of at least 4 members (excludes halogenated alkanes) is 5. The second-order valence-corrected chi connectivity index (χ2v) is 11.4. The van der Waals surface area contributed by atoms with Gasteiger partial charge in [0, 0.05) is 0 Å². The molecule has 1 atom stereocenters. The average molecular weight is 513 g/mol. The number of nitriles is 2. The van der Waals surface area contributed by atoms with E-state index in [1.165, 1.54) is 44.1 Å². The zero-order valence-electron chi connectivity index (χ0n) is 23.6. The van der Waals surface area contributed by atoms with Gasteiger partial charge in [-0.2, -0.15) is 10.5 Å². The standard InChI is InChI=1S/C34H44N2O2/c1-4-6-7-8-9-10-22-34(26-36)23-19-30(20-24-34)28-13-11-27(12-14-28)29-15-17-31(18-16-29)38-32(37)33(3,25-35)21-5-2/h11-18,30H,4-10,19-24H2,1-3H3. The largest absolute Gasteiger partial charge is 0.425 e. The summed E-state index contributed by atoms with van der Waals surface area (Å²) in [6.45, 7) is 5.83. The summed E-state index contributed by atoms with van der Waals surface area (Å²) in [5.74, 6) is 0.477. The molecule has 1 saturated carbocycles. The lowest BCUT2D eigenvalue weighted by atomic mass is 9.67. The topological polar surface area (TPSA) is 73.9 Å². The van der Waals surface area contributed by atoms with E-state index < -0.39 is 11.4 Å². The van der Waals surface area contributed by atoms with Crippen LogP contribution in [0.5, 0.6) is 5.75 Å². The number of nitrogens with zero attached hydrogens (tertiary/aromatic N) is 2. The van der Waals surface area contributed by atoms with E-state index >= 15 is 0 Å². The van der Waals surface area contributed by atoms with E-state index in [-0.39, 0.29) is 5.41 Å². The summed E-state index contributed by atoms with van der Waals surface area (Å²) in [6, 6.07) is 21.1. The molecular formula is C34H44N2O2. The number of rotatable bonds is 13. The van der Waals surface area contributed by atoms with Crippen molar-refractivity contribution in [1.29, 1.82) is 10.5 Å². The van der Waals surface area contributed by atoms with Gasteiger partial charge >= 0.3 is 5.97 Å². The number of benzene rings is 2. The first-order valence-corrected chi connectivity index (χ1v) is 14.6. The fourth-order valence-electron chi connectivity index (χ4n) is 5.75. The van der Waals surface area contributed by atoms with Crippen molar-refractivity contribution in [3.63, 3.8) is 0 Å². The third-order valence-electron chi connectivity index (χ3n) is 8.42. The van der Waals surface area contributed by atoms with Crippen molar-refractivity contribution in [2.45, 2.75) is 110 Å². The molecule has 0 radical (unpaired) electrons. The van der Waals surface area contributed by atoms with Gasteiger partial charge in [-0.1, -0.05) is 95.2 Å². The summed E-state index contributed by atoms with van der Waals surface area (Å²) < 4.78 is 5.50. The Balaban J connectivity index is 1.53. The molecule has 0 amide bonds. The molecule has 4 nitrogen and oxygen atoms in total. The van der Waals surface area contributed by atoms with Crippen LogP contribution in [0.15, 0.2) is 48.5 Å². The van der Waals surface area contributed by atoms with Crippen LogP contribution in [0.25, 0.3) is 11.1 Å². The molecule has 0 aliphatic heterocycles. The number of carbonyl (C=O) groups is 1. The first-order chi connectivity index (χ1) is 18.4. The summed E-state index contributed by atoms with van der Waals surface area (Å²) >= 11 is 0. The van der Waals surface area contributed by atoms with Crippen molar-refractivity contribution < 1.29 is 9.53 Å². The Bertz CT molecular complexity index is 1100. The highest BCUT2D eigenvalue weighted by Gasteiger charge is 2.36. The third-order valence-corrected chi connectivity index (χ3v) is 8.42. The maximum atomic E-state index is 12.5. The Morgan fingerprint density at radius 3 is 2.03 bits per heavy atom. The second-order valence-electron chi connectivity index (χ2n) is 11.4. The van der Waals surface area contributed by atoms with E-state index in [0.717, 1.165) is 49.7 Å². The number of hydrogen-bond donors (Lipinski definition) is 0. The molecule has 1 fully saturated rings. The van der Waals surface area contributed by atoms with Gasteiger partial charge in [0.05, 0.1) is 17.6 Å². The van der Waals surface area contributed by atoms with Gasteiger partial charge in [0.15, 0.2) is 5.41 Å². The molecule has 1 aliphatic carbocycles. The van der Waals surface area contributed by atoms with Crippen LogP contribution in [-0.2, 0) is 4.79 Å². The van der Waals surface area contributed by atoms with Gasteiger partial charge in [-0.25, -0.2) is 4.79 Å². The fraction of sp³-hybridized carbons (Fsp3) is 0.559. The molecule has 0 spiro atoms. The van der Waals surface area contributed by atoms with Crippen LogP contribution in [0.3, 0.4) is 0 Å². The van der Waals surface area contributed by atoms with Crippen molar-refractivity contribution in [2.75, 3.05) is 0 Å². The van der Waals surface area contributed by atoms with Crippen LogP contribution >= 0.6 is 0 Å². The lowest BCUT2D eigenvalue weighted by molar-refractivity contribution is -0.142. The Labute approximate surface area is 230 Å². The first-order valence-electron chi connectivity index (χ1n) is 14.6. The Hall–Kier alpha value is -3.11. The SMILES string of the molecule is CCCCCCCCC1(C#N)CCC(c2ccc(-c3ccc(OC(=O)C(C)(C#N)CCC)cc3)cc2)CC1. The number of hydrogen-bond acceptors (Lipinski definition) is 4. The Morgan fingerprint density at radius 1 is 0.895 bits per heavy atom. The quantitative estimate of drug-likeness (QED) is 0.152. The normalized spacial score (nSPS) is 20.6. The van der Waals surface area contributed by atoms with Gasteiger partial charge in [-0.15, -0.1) is 0 Å². The van der Waals surface area contributed by atoms with Crippen LogP contribution in [0.2, 0.25) is 0 Å². The highest BCUT2D eigenvalue weighted by Crippen LogP contribution is 2.46. The zero-order chi connectivity index (χ0) is 27.4. The summed E-state index contributed by atoms with van der Waals surface area (Å²) in [5, 5.41) is 19.4. The van der Waals surface area contributed by atoms with E-state index in [1.54, 1.807) is 19.1 Å². The average Bonchev–Trinajstić information content (AvgIpc) is 2.96. The van der Waals surface area contributed by atoms with E-state index in [1.807, 2.05) is 19.1 Å². The van der Waals surface area contributed by atoms with Crippen LogP contribution < -0.4 is 4.74 Å². The molecule has 202 valence electrons. The highest BCUT2D eigenvalue weighted by atomic mass is 16.5. The molecule has 0 saturated heterocycles. The molecular weight excluding hydrogens is 468 g/mol. The van der Waals surface area contributed by atoms with Crippen LogP contribution in [0.1, 0.15) is 116 Å². The van der Waals surface area contributed by atoms with Crippen molar-refractivity contribution in [3.8, 4) is 29.0 Å². The monoisotopic (exact) mass is 512 g/mol. The molecule has 38 heavy (non-hydrogen) atoms. The molecule has 0 heterocycles. The van der Waals surface area contributed by atoms with E-state index in [2.05, 4.69) is 43.3 Å². The van der Waals surface area contributed by atoms with Crippen molar-refractivity contribution in [1.82, 2.24) is 0 Å². The van der Waals surface area contributed by atoms with Gasteiger partial charge in [-0.05, 0) is 80.2 Å². The molecule has 2 aromatic carbocycles. The van der Waals surface area contributed by atoms with Gasteiger partial charge in [-0.3, -0.25) is 0 Å². The zero-order valence-corrected chi connectivity index (χ0v) is 23.6. The van der Waals surface area contributed by atoms with E-state index in [9.17, 15) is 15.3 Å². The number of carbonyl (C=O) groups excluding carboxylic acids is 1. The Morgan fingerprint density at radius 2 is 1.47 bits per heavy atom. The van der Waals surface area contributed by atoms with Gasteiger partial charge in [0.2, 0.25) is 0 Å².